The van der Waals surface area contributed by atoms with Crippen LogP contribution in [0.25, 0.3) is 0 Å². The largest absolute Gasteiger partial charge is 0.465 e. The van der Waals surface area contributed by atoms with Gasteiger partial charge in [0.25, 0.3) is 0 Å². The number of ether oxygens (including phenoxy) is 1. The molecule has 17 heavy (non-hydrogen) atoms. The van der Waals surface area contributed by atoms with Gasteiger partial charge in [-0.3, -0.25) is 10.1 Å². The van der Waals surface area contributed by atoms with Gasteiger partial charge in [0.05, 0.1) is 6.61 Å². The molecule has 1 fully saturated rings. The summed E-state index contributed by atoms with van der Waals surface area (Å²) in [6, 6.07) is 0.310. The van der Waals surface area contributed by atoms with Crippen LogP contribution in [0.5, 0.6) is 0 Å². The molecule has 1 rings (SSSR count). The summed E-state index contributed by atoms with van der Waals surface area (Å²) in [7, 11) is 0. The third kappa shape index (κ3) is 3.88. The van der Waals surface area contributed by atoms with Crippen LogP contribution >= 0.6 is 11.8 Å². The van der Waals surface area contributed by atoms with Gasteiger partial charge in [0.2, 0.25) is 0 Å². The summed E-state index contributed by atoms with van der Waals surface area (Å²) in [6.07, 6.45) is 2.92. The van der Waals surface area contributed by atoms with Gasteiger partial charge in [-0.1, -0.05) is 6.92 Å². The Morgan fingerprint density at radius 3 is 2.76 bits per heavy atom. The maximum atomic E-state index is 12.2. The molecule has 0 amide bonds. The molecule has 3 nitrogen and oxygen atoms in total. The second-order valence-electron chi connectivity index (χ2n) is 4.92. The number of carbonyl (C=O) groups is 1. The lowest BCUT2D eigenvalue weighted by Crippen LogP contribution is -2.54. The number of nitrogens with one attached hydrogen (secondary N) is 1. The van der Waals surface area contributed by atoms with Crippen molar-refractivity contribution in [3.63, 3.8) is 0 Å². The summed E-state index contributed by atoms with van der Waals surface area (Å²) < 4.78 is 5.25. The quantitative estimate of drug-likeness (QED) is 0.744. The summed E-state index contributed by atoms with van der Waals surface area (Å²) in [5, 5.41) is 4.03. The van der Waals surface area contributed by atoms with E-state index in [1.807, 2.05) is 18.7 Å². The van der Waals surface area contributed by atoms with E-state index < -0.39 is 5.54 Å². The molecule has 1 aliphatic rings. The molecule has 1 aliphatic carbocycles. The number of hydrogen-bond donors (Lipinski definition) is 1. The predicted octanol–water partition coefficient (Wildman–Crippen LogP) is 2.59. The molecule has 0 radical (unpaired) electrons. The van der Waals surface area contributed by atoms with E-state index in [2.05, 4.69) is 26.1 Å². The van der Waals surface area contributed by atoms with Crippen molar-refractivity contribution in [2.75, 3.05) is 12.4 Å². The minimum Gasteiger partial charge on any atom is -0.465 e. The minimum atomic E-state index is -0.434. The highest BCUT2D eigenvalue weighted by molar-refractivity contribution is 7.99. The maximum absolute atomic E-state index is 12.2. The molecule has 0 saturated heterocycles. The third-order valence-corrected chi connectivity index (χ3v) is 4.31. The second kappa shape index (κ2) is 6.64. The van der Waals surface area contributed by atoms with Crippen molar-refractivity contribution in [3.05, 3.63) is 0 Å². The molecule has 0 aromatic carbocycles. The summed E-state index contributed by atoms with van der Waals surface area (Å²) in [5.74, 6) is 1.05. The van der Waals surface area contributed by atoms with Crippen LogP contribution in [0.4, 0.5) is 0 Å². The molecule has 0 heterocycles. The molecule has 1 N–H and O–H groups in total. The second-order valence-corrected chi connectivity index (χ2v) is 6.50. The van der Waals surface area contributed by atoms with E-state index in [0.29, 0.717) is 17.9 Å². The van der Waals surface area contributed by atoms with Crippen molar-refractivity contribution in [1.29, 1.82) is 0 Å². The predicted molar refractivity (Wildman–Crippen MR) is 73.4 cm³/mol. The first-order valence-corrected chi connectivity index (χ1v) is 7.65. The topological polar surface area (TPSA) is 38.3 Å². The van der Waals surface area contributed by atoms with Crippen LogP contribution in [0, 0.1) is 0 Å². The molecular weight excluding hydrogens is 234 g/mol. The molecule has 0 aliphatic heterocycles. The third-order valence-electron chi connectivity index (χ3n) is 3.10. The van der Waals surface area contributed by atoms with Crippen LogP contribution in [-0.2, 0) is 9.53 Å². The van der Waals surface area contributed by atoms with Crippen LogP contribution in [-0.4, -0.2) is 35.2 Å². The van der Waals surface area contributed by atoms with Gasteiger partial charge in [-0.2, -0.15) is 11.8 Å². The molecule has 0 spiro atoms. The molecule has 0 bridgehead atoms. The van der Waals surface area contributed by atoms with Gasteiger partial charge in [-0.15, -0.1) is 0 Å². The summed E-state index contributed by atoms with van der Waals surface area (Å²) >= 11 is 1.96. The fourth-order valence-electron chi connectivity index (χ4n) is 2.58. The highest BCUT2D eigenvalue weighted by atomic mass is 32.2. The Hall–Kier alpha value is -0.220. The van der Waals surface area contributed by atoms with Crippen LogP contribution < -0.4 is 5.32 Å². The highest BCUT2D eigenvalue weighted by Gasteiger charge is 2.46. The van der Waals surface area contributed by atoms with Crippen molar-refractivity contribution in [1.82, 2.24) is 5.32 Å². The molecule has 2 atom stereocenters. The molecule has 2 unspecified atom stereocenters. The molecule has 100 valence electrons. The lowest BCUT2D eigenvalue weighted by Gasteiger charge is -2.30. The molecule has 0 aromatic heterocycles. The van der Waals surface area contributed by atoms with Gasteiger partial charge < -0.3 is 4.74 Å². The van der Waals surface area contributed by atoms with E-state index in [9.17, 15) is 4.79 Å². The van der Waals surface area contributed by atoms with E-state index in [0.717, 1.165) is 25.0 Å². The van der Waals surface area contributed by atoms with E-state index >= 15 is 0 Å². The Morgan fingerprint density at radius 1 is 1.53 bits per heavy atom. The Bertz CT molecular complexity index is 258. The van der Waals surface area contributed by atoms with E-state index in [1.165, 1.54) is 0 Å². The summed E-state index contributed by atoms with van der Waals surface area (Å²) in [4.78, 5) is 12.2. The zero-order chi connectivity index (χ0) is 12.9. The zero-order valence-electron chi connectivity index (χ0n) is 11.4. The number of carbonyl (C=O) groups excluding carboxylic acids is 1. The van der Waals surface area contributed by atoms with E-state index in [4.69, 9.17) is 4.74 Å². The van der Waals surface area contributed by atoms with Gasteiger partial charge in [-0.05, 0) is 45.8 Å². The monoisotopic (exact) mass is 259 g/mol. The van der Waals surface area contributed by atoms with Gasteiger partial charge >= 0.3 is 5.97 Å². The number of esters is 1. The van der Waals surface area contributed by atoms with E-state index in [1.54, 1.807) is 0 Å². The Kier molecular flexibility index (Phi) is 5.80. The van der Waals surface area contributed by atoms with Crippen molar-refractivity contribution < 1.29 is 9.53 Å². The molecule has 4 heteroatoms. The fourth-order valence-corrected chi connectivity index (χ4v) is 3.73. The average Bonchev–Trinajstić information content (AvgIpc) is 2.63. The number of hydrogen-bond acceptors (Lipinski definition) is 4. The van der Waals surface area contributed by atoms with Crippen LogP contribution in [0.3, 0.4) is 0 Å². The van der Waals surface area contributed by atoms with Crippen molar-refractivity contribution in [3.8, 4) is 0 Å². The lowest BCUT2D eigenvalue weighted by atomic mass is 9.96. The normalized spacial score (nSPS) is 28.6. The number of thioether (sulfide) groups is 1. The van der Waals surface area contributed by atoms with Gasteiger partial charge in [0.1, 0.15) is 5.54 Å². The Morgan fingerprint density at radius 2 is 2.24 bits per heavy atom. The van der Waals surface area contributed by atoms with Crippen LogP contribution in [0.2, 0.25) is 0 Å². The molecule has 0 aromatic rings. The SMILES string of the molecule is CCOC(=O)C1(NC(C)C)CCC(SCC)C1. The summed E-state index contributed by atoms with van der Waals surface area (Å²) in [6.45, 7) is 8.67. The highest BCUT2D eigenvalue weighted by Crippen LogP contribution is 2.38. The first-order valence-electron chi connectivity index (χ1n) is 6.60. The van der Waals surface area contributed by atoms with Crippen LogP contribution in [0.15, 0.2) is 0 Å². The van der Waals surface area contributed by atoms with Crippen molar-refractivity contribution >= 4 is 17.7 Å². The lowest BCUT2D eigenvalue weighted by molar-refractivity contribution is -0.151. The fraction of sp³-hybridized carbons (Fsp3) is 0.923. The maximum Gasteiger partial charge on any atom is 0.326 e. The Labute approximate surface area is 109 Å². The van der Waals surface area contributed by atoms with Crippen LogP contribution in [0.1, 0.15) is 47.0 Å². The van der Waals surface area contributed by atoms with Gasteiger partial charge in [0.15, 0.2) is 0 Å². The van der Waals surface area contributed by atoms with Gasteiger partial charge in [0, 0.05) is 11.3 Å². The smallest absolute Gasteiger partial charge is 0.326 e. The first-order chi connectivity index (χ1) is 8.04. The van der Waals surface area contributed by atoms with Gasteiger partial charge in [-0.25, -0.2) is 0 Å². The average molecular weight is 259 g/mol. The molecular formula is C13H25NO2S. The number of rotatable bonds is 6. The summed E-state index contributed by atoms with van der Waals surface area (Å²) in [5.41, 5.74) is -0.434. The van der Waals surface area contributed by atoms with E-state index in [-0.39, 0.29) is 5.97 Å². The minimum absolute atomic E-state index is 0.0621. The molecule has 1 saturated carbocycles. The first kappa shape index (κ1) is 14.8. The zero-order valence-corrected chi connectivity index (χ0v) is 12.2. The van der Waals surface area contributed by atoms with Crippen molar-refractivity contribution in [2.45, 2.75) is 63.8 Å². The van der Waals surface area contributed by atoms with Crippen molar-refractivity contribution in [2.24, 2.45) is 0 Å². The Balaban J connectivity index is 2.71. The standard InChI is InChI=1S/C13H25NO2S/c1-5-16-12(15)13(14-10(3)4)8-7-11(9-13)17-6-2/h10-11,14H,5-9H2,1-4H3.